The SMILES string of the molecule is CC1(C)CC(CC(=O)NC2CCOC3(C2)CC(C(=O)O)C3)C1. The van der Waals surface area contributed by atoms with E-state index in [1.54, 1.807) is 0 Å². The van der Waals surface area contributed by atoms with Crippen LogP contribution in [0.5, 0.6) is 0 Å². The van der Waals surface area contributed by atoms with Gasteiger partial charge in [0.1, 0.15) is 0 Å². The number of hydrogen-bond donors (Lipinski definition) is 2. The van der Waals surface area contributed by atoms with Crippen molar-refractivity contribution in [2.24, 2.45) is 17.3 Å². The van der Waals surface area contributed by atoms with E-state index in [0.29, 0.717) is 37.2 Å². The number of nitrogens with one attached hydrogen (secondary N) is 1. The molecule has 3 fully saturated rings. The summed E-state index contributed by atoms with van der Waals surface area (Å²) in [4.78, 5) is 23.1. The average molecular weight is 309 g/mol. The highest BCUT2D eigenvalue weighted by atomic mass is 16.5. The van der Waals surface area contributed by atoms with Crippen molar-refractivity contribution in [2.75, 3.05) is 6.61 Å². The third-order valence-electron chi connectivity index (χ3n) is 5.60. The Kier molecular flexibility index (Phi) is 3.96. The largest absolute Gasteiger partial charge is 0.481 e. The van der Waals surface area contributed by atoms with Crippen molar-refractivity contribution in [1.29, 1.82) is 0 Å². The molecular weight excluding hydrogens is 282 g/mol. The summed E-state index contributed by atoms with van der Waals surface area (Å²) < 4.78 is 5.82. The van der Waals surface area contributed by atoms with Crippen LogP contribution >= 0.6 is 0 Å². The lowest BCUT2D eigenvalue weighted by Gasteiger charge is -2.50. The van der Waals surface area contributed by atoms with E-state index in [4.69, 9.17) is 9.84 Å². The highest BCUT2D eigenvalue weighted by Gasteiger charge is 2.51. The molecule has 0 aromatic carbocycles. The number of carboxylic acid groups (broad SMARTS) is 1. The number of carbonyl (C=O) groups is 2. The molecule has 0 aromatic heterocycles. The number of carboxylic acids is 1. The highest BCUT2D eigenvalue weighted by molar-refractivity contribution is 5.76. The topological polar surface area (TPSA) is 75.6 Å². The molecule has 2 aliphatic carbocycles. The summed E-state index contributed by atoms with van der Waals surface area (Å²) >= 11 is 0. The number of rotatable bonds is 4. The predicted molar refractivity (Wildman–Crippen MR) is 81.3 cm³/mol. The van der Waals surface area contributed by atoms with Gasteiger partial charge in [-0.1, -0.05) is 13.8 Å². The van der Waals surface area contributed by atoms with Crippen LogP contribution < -0.4 is 5.32 Å². The van der Waals surface area contributed by atoms with Gasteiger partial charge in [-0.05, 0) is 49.9 Å². The molecule has 124 valence electrons. The summed E-state index contributed by atoms with van der Waals surface area (Å²) in [6.07, 6.45) is 5.68. The van der Waals surface area contributed by atoms with Crippen molar-refractivity contribution in [3.63, 3.8) is 0 Å². The molecular formula is C17H27NO4. The van der Waals surface area contributed by atoms with Crippen molar-refractivity contribution in [3.05, 3.63) is 0 Å². The van der Waals surface area contributed by atoms with Crippen LogP contribution in [0.15, 0.2) is 0 Å². The zero-order valence-electron chi connectivity index (χ0n) is 13.6. The maximum atomic E-state index is 12.2. The molecule has 0 bridgehead atoms. The van der Waals surface area contributed by atoms with E-state index in [-0.39, 0.29) is 23.5 Å². The lowest BCUT2D eigenvalue weighted by molar-refractivity contribution is -0.182. The number of aliphatic carboxylic acids is 1. The van der Waals surface area contributed by atoms with Crippen LogP contribution in [-0.2, 0) is 14.3 Å². The molecule has 1 heterocycles. The van der Waals surface area contributed by atoms with Gasteiger partial charge in [0, 0.05) is 19.1 Å². The molecule has 1 spiro atoms. The normalized spacial score (nSPS) is 30.4. The fourth-order valence-electron chi connectivity index (χ4n) is 4.64. The van der Waals surface area contributed by atoms with E-state index in [2.05, 4.69) is 19.2 Å². The summed E-state index contributed by atoms with van der Waals surface area (Å²) in [5, 5.41) is 12.2. The van der Waals surface area contributed by atoms with Gasteiger partial charge in [0.05, 0.1) is 11.5 Å². The van der Waals surface area contributed by atoms with Crippen molar-refractivity contribution in [2.45, 2.75) is 70.4 Å². The summed E-state index contributed by atoms with van der Waals surface area (Å²) in [5.41, 5.74) is 0.114. The quantitative estimate of drug-likeness (QED) is 0.836. The number of amides is 1. The Morgan fingerprint density at radius 2 is 1.86 bits per heavy atom. The van der Waals surface area contributed by atoms with Gasteiger partial charge in [0.2, 0.25) is 5.91 Å². The lowest BCUT2D eigenvalue weighted by Crippen LogP contribution is -2.56. The Labute approximate surface area is 131 Å². The van der Waals surface area contributed by atoms with Crippen LogP contribution in [0, 0.1) is 17.3 Å². The fraction of sp³-hybridized carbons (Fsp3) is 0.882. The molecule has 1 saturated heterocycles. The highest BCUT2D eigenvalue weighted by Crippen LogP contribution is 2.47. The van der Waals surface area contributed by atoms with E-state index in [1.165, 1.54) is 0 Å². The summed E-state index contributed by atoms with van der Waals surface area (Å²) in [6.45, 7) is 5.12. The minimum absolute atomic E-state index is 0.143. The second-order valence-electron chi connectivity index (χ2n) is 8.37. The maximum absolute atomic E-state index is 12.2. The predicted octanol–water partition coefficient (Wildman–Crippen LogP) is 2.34. The summed E-state index contributed by atoms with van der Waals surface area (Å²) in [5.74, 6) is -0.319. The van der Waals surface area contributed by atoms with E-state index < -0.39 is 5.97 Å². The van der Waals surface area contributed by atoms with E-state index in [0.717, 1.165) is 25.7 Å². The first-order chi connectivity index (χ1) is 10.3. The molecule has 0 radical (unpaired) electrons. The lowest BCUT2D eigenvalue weighted by atomic mass is 9.63. The minimum atomic E-state index is -0.729. The monoisotopic (exact) mass is 309 g/mol. The second-order valence-corrected chi connectivity index (χ2v) is 8.37. The van der Waals surface area contributed by atoms with Gasteiger partial charge in [-0.15, -0.1) is 0 Å². The molecule has 5 nitrogen and oxygen atoms in total. The molecule has 22 heavy (non-hydrogen) atoms. The summed E-state index contributed by atoms with van der Waals surface area (Å²) in [6, 6.07) is 0.143. The first-order valence-corrected chi connectivity index (χ1v) is 8.43. The standard InChI is InChI=1S/C17H27NO4/c1-16(2)6-11(7-16)5-14(19)18-13-3-4-22-17(10-13)8-12(9-17)15(20)21/h11-13H,3-10H2,1-2H3,(H,18,19)(H,20,21). The van der Waals surface area contributed by atoms with Crippen LogP contribution in [0.1, 0.15) is 58.8 Å². The van der Waals surface area contributed by atoms with Crippen LogP contribution in [0.25, 0.3) is 0 Å². The zero-order chi connectivity index (χ0) is 16.0. The summed E-state index contributed by atoms with van der Waals surface area (Å²) in [7, 11) is 0. The average Bonchev–Trinajstić information content (AvgIpc) is 2.33. The first kappa shape index (κ1) is 15.8. The molecule has 0 aromatic rings. The van der Waals surface area contributed by atoms with Crippen LogP contribution in [0.4, 0.5) is 0 Å². The van der Waals surface area contributed by atoms with E-state index in [9.17, 15) is 9.59 Å². The van der Waals surface area contributed by atoms with Crippen LogP contribution in [0.3, 0.4) is 0 Å². The molecule has 3 aliphatic rings. The van der Waals surface area contributed by atoms with Crippen LogP contribution in [0.2, 0.25) is 0 Å². The van der Waals surface area contributed by atoms with Crippen LogP contribution in [-0.4, -0.2) is 35.2 Å². The van der Waals surface area contributed by atoms with Gasteiger partial charge in [-0.25, -0.2) is 0 Å². The molecule has 2 N–H and O–H groups in total. The van der Waals surface area contributed by atoms with Crippen molar-refractivity contribution in [1.82, 2.24) is 5.32 Å². The van der Waals surface area contributed by atoms with E-state index >= 15 is 0 Å². The Morgan fingerprint density at radius 3 is 2.45 bits per heavy atom. The Bertz CT molecular complexity index is 459. The van der Waals surface area contributed by atoms with Gasteiger partial charge < -0.3 is 15.2 Å². The smallest absolute Gasteiger partial charge is 0.306 e. The fourth-order valence-corrected chi connectivity index (χ4v) is 4.64. The third-order valence-corrected chi connectivity index (χ3v) is 5.60. The van der Waals surface area contributed by atoms with Crippen molar-refractivity contribution in [3.8, 4) is 0 Å². The third kappa shape index (κ3) is 3.29. The Morgan fingerprint density at radius 1 is 1.18 bits per heavy atom. The van der Waals surface area contributed by atoms with Gasteiger partial charge in [0.15, 0.2) is 0 Å². The molecule has 1 amide bonds. The molecule has 1 aliphatic heterocycles. The number of ether oxygens (including phenoxy) is 1. The first-order valence-electron chi connectivity index (χ1n) is 8.43. The number of carbonyl (C=O) groups excluding carboxylic acids is 1. The molecule has 2 saturated carbocycles. The molecule has 3 rings (SSSR count). The van der Waals surface area contributed by atoms with Gasteiger partial charge in [0.25, 0.3) is 0 Å². The van der Waals surface area contributed by atoms with E-state index in [1.807, 2.05) is 0 Å². The second kappa shape index (κ2) is 5.52. The Hall–Kier alpha value is -1.10. The maximum Gasteiger partial charge on any atom is 0.306 e. The molecule has 1 unspecified atom stereocenters. The zero-order valence-corrected chi connectivity index (χ0v) is 13.6. The van der Waals surface area contributed by atoms with Gasteiger partial charge >= 0.3 is 5.97 Å². The molecule has 5 heteroatoms. The number of hydrogen-bond acceptors (Lipinski definition) is 3. The van der Waals surface area contributed by atoms with Gasteiger partial charge in [-0.2, -0.15) is 0 Å². The van der Waals surface area contributed by atoms with Crippen molar-refractivity contribution >= 4 is 11.9 Å². The molecule has 1 atom stereocenters. The Balaban J connectivity index is 1.43. The van der Waals surface area contributed by atoms with Crippen molar-refractivity contribution < 1.29 is 19.4 Å². The minimum Gasteiger partial charge on any atom is -0.481 e. The van der Waals surface area contributed by atoms with Gasteiger partial charge in [-0.3, -0.25) is 9.59 Å².